The number of nitrogens with one attached hydrogen (secondary N) is 1. The van der Waals surface area contributed by atoms with Gasteiger partial charge in [0.05, 0.1) is 34.0 Å². The zero-order valence-corrected chi connectivity index (χ0v) is 12.4. The molecule has 1 heterocycles. The Morgan fingerprint density at radius 1 is 1.29 bits per heavy atom. The van der Waals surface area contributed by atoms with Crippen molar-refractivity contribution < 1.29 is 28.6 Å². The van der Waals surface area contributed by atoms with Crippen LogP contribution < -0.4 is 5.32 Å². The second kappa shape index (κ2) is 9.30. The van der Waals surface area contributed by atoms with Crippen molar-refractivity contribution in [2.24, 2.45) is 0 Å². The van der Waals surface area contributed by atoms with Crippen molar-refractivity contribution in [2.45, 2.75) is 18.9 Å². The molecule has 1 aliphatic rings. The maximum absolute atomic E-state index is 11.8. The summed E-state index contributed by atoms with van der Waals surface area (Å²) in [7, 11) is 2.63. The average Bonchev–Trinajstić information content (AvgIpc) is 2.51. The highest BCUT2D eigenvalue weighted by Gasteiger charge is 2.31. The molecule has 1 aliphatic heterocycles. The second-order valence-corrected chi connectivity index (χ2v) is 4.61. The van der Waals surface area contributed by atoms with Crippen LogP contribution in [-0.2, 0) is 28.6 Å². The largest absolute Gasteiger partial charge is 0.469 e. The van der Waals surface area contributed by atoms with Crippen LogP contribution in [0.4, 0.5) is 0 Å². The molecule has 1 unspecified atom stereocenters. The highest BCUT2D eigenvalue weighted by Crippen LogP contribution is 2.08. The fraction of sp³-hybridized carbons (Fsp3) is 0.769. The monoisotopic (exact) mass is 302 g/mol. The lowest BCUT2D eigenvalue weighted by atomic mass is 10.2. The molecule has 8 nitrogen and oxygen atoms in total. The van der Waals surface area contributed by atoms with Gasteiger partial charge in [-0.25, -0.2) is 0 Å². The predicted molar refractivity (Wildman–Crippen MR) is 72.5 cm³/mol. The quantitative estimate of drug-likeness (QED) is 0.472. The minimum atomic E-state index is -0.551. The van der Waals surface area contributed by atoms with Crippen LogP contribution in [0.25, 0.3) is 0 Å². The Kier molecular flexibility index (Phi) is 7.70. The third kappa shape index (κ3) is 6.09. The average molecular weight is 302 g/mol. The summed E-state index contributed by atoms with van der Waals surface area (Å²) in [5, 5.41) is 2.71. The number of ether oxygens (including phenoxy) is 3. The summed E-state index contributed by atoms with van der Waals surface area (Å²) in [4.78, 5) is 36.1. The first-order valence-electron chi connectivity index (χ1n) is 6.81. The molecule has 1 rings (SSSR count). The summed E-state index contributed by atoms with van der Waals surface area (Å²) in [5.74, 6) is -0.910. The Balaban J connectivity index is 2.31. The zero-order valence-electron chi connectivity index (χ0n) is 12.4. The minimum absolute atomic E-state index is 0.0986. The van der Waals surface area contributed by atoms with Crippen molar-refractivity contribution in [3.8, 4) is 0 Å². The van der Waals surface area contributed by atoms with E-state index in [1.54, 1.807) is 4.90 Å². The first-order valence-corrected chi connectivity index (χ1v) is 6.81. The number of hydrogen-bond acceptors (Lipinski definition) is 7. The van der Waals surface area contributed by atoms with Crippen LogP contribution in [0.3, 0.4) is 0 Å². The van der Waals surface area contributed by atoms with Crippen LogP contribution in [0, 0.1) is 0 Å². The number of methoxy groups -OCH3 is 2. The van der Waals surface area contributed by atoms with E-state index in [0.29, 0.717) is 26.1 Å². The van der Waals surface area contributed by atoms with Gasteiger partial charge in [-0.15, -0.1) is 0 Å². The van der Waals surface area contributed by atoms with E-state index in [9.17, 15) is 14.4 Å². The highest BCUT2D eigenvalue weighted by molar-refractivity contribution is 5.80. The highest BCUT2D eigenvalue weighted by atomic mass is 16.5. The van der Waals surface area contributed by atoms with Crippen LogP contribution >= 0.6 is 0 Å². The lowest BCUT2D eigenvalue weighted by molar-refractivity contribution is -0.154. The van der Waals surface area contributed by atoms with Crippen LogP contribution in [0.5, 0.6) is 0 Å². The third-order valence-electron chi connectivity index (χ3n) is 3.17. The summed E-state index contributed by atoms with van der Waals surface area (Å²) < 4.78 is 14.4. The van der Waals surface area contributed by atoms with Gasteiger partial charge < -0.3 is 19.5 Å². The Labute approximate surface area is 123 Å². The van der Waals surface area contributed by atoms with E-state index >= 15 is 0 Å². The van der Waals surface area contributed by atoms with Crippen molar-refractivity contribution in [1.29, 1.82) is 0 Å². The van der Waals surface area contributed by atoms with Crippen molar-refractivity contribution >= 4 is 17.8 Å². The first kappa shape index (κ1) is 17.4. The van der Waals surface area contributed by atoms with Crippen molar-refractivity contribution in [3.05, 3.63) is 0 Å². The molecule has 0 bridgehead atoms. The minimum Gasteiger partial charge on any atom is -0.469 e. The standard InChI is InChI=1S/C13H22N2O6/c1-19-12(17)4-3-5-14-11(16)8-15-6-7-21-9-10(15)13(18)20-2/h10H,3-9H2,1-2H3,(H,14,16). The molecule has 0 aromatic rings. The number of esters is 2. The SMILES string of the molecule is COC(=O)CCCNC(=O)CN1CCOCC1C(=O)OC. The van der Waals surface area contributed by atoms with E-state index < -0.39 is 12.0 Å². The lowest BCUT2D eigenvalue weighted by Gasteiger charge is -2.32. The number of carbonyl (C=O) groups is 3. The lowest BCUT2D eigenvalue weighted by Crippen LogP contribution is -2.53. The van der Waals surface area contributed by atoms with Crippen LogP contribution in [0.15, 0.2) is 0 Å². The number of amides is 1. The van der Waals surface area contributed by atoms with Gasteiger partial charge in [-0.3, -0.25) is 19.3 Å². The van der Waals surface area contributed by atoms with E-state index in [0.717, 1.165) is 0 Å². The molecule has 8 heteroatoms. The molecule has 1 atom stereocenters. The van der Waals surface area contributed by atoms with E-state index in [2.05, 4.69) is 10.1 Å². The van der Waals surface area contributed by atoms with Crippen LogP contribution in [0.2, 0.25) is 0 Å². The number of hydrogen-bond donors (Lipinski definition) is 1. The molecular formula is C13H22N2O6. The molecule has 0 radical (unpaired) electrons. The van der Waals surface area contributed by atoms with Gasteiger partial charge in [0, 0.05) is 19.5 Å². The van der Waals surface area contributed by atoms with Gasteiger partial charge in [0.15, 0.2) is 0 Å². The van der Waals surface area contributed by atoms with Crippen LogP contribution in [0.1, 0.15) is 12.8 Å². The molecule has 1 N–H and O–H groups in total. The second-order valence-electron chi connectivity index (χ2n) is 4.61. The van der Waals surface area contributed by atoms with E-state index in [1.165, 1.54) is 14.2 Å². The molecule has 21 heavy (non-hydrogen) atoms. The maximum Gasteiger partial charge on any atom is 0.325 e. The molecule has 0 aromatic heterocycles. The topological polar surface area (TPSA) is 94.2 Å². The smallest absolute Gasteiger partial charge is 0.325 e. The van der Waals surface area contributed by atoms with Crippen molar-refractivity contribution in [1.82, 2.24) is 10.2 Å². The number of rotatable bonds is 7. The molecule has 0 spiro atoms. The normalized spacial score (nSPS) is 18.9. The Morgan fingerprint density at radius 3 is 2.71 bits per heavy atom. The molecular weight excluding hydrogens is 280 g/mol. The van der Waals surface area contributed by atoms with E-state index in [4.69, 9.17) is 9.47 Å². The molecule has 0 aromatic carbocycles. The van der Waals surface area contributed by atoms with E-state index in [-0.39, 0.29) is 31.4 Å². The molecule has 1 fully saturated rings. The van der Waals surface area contributed by atoms with Gasteiger partial charge in [-0.2, -0.15) is 0 Å². The van der Waals surface area contributed by atoms with E-state index in [1.807, 2.05) is 0 Å². The van der Waals surface area contributed by atoms with Gasteiger partial charge in [-0.1, -0.05) is 0 Å². The Hall–Kier alpha value is -1.67. The van der Waals surface area contributed by atoms with Gasteiger partial charge in [0.25, 0.3) is 0 Å². The summed E-state index contributed by atoms with van der Waals surface area (Å²) in [6.45, 7) is 1.68. The van der Waals surface area contributed by atoms with Crippen molar-refractivity contribution in [3.63, 3.8) is 0 Å². The van der Waals surface area contributed by atoms with Crippen LogP contribution in [-0.4, -0.2) is 75.9 Å². The fourth-order valence-corrected chi connectivity index (χ4v) is 1.98. The van der Waals surface area contributed by atoms with Crippen molar-refractivity contribution in [2.75, 3.05) is 47.1 Å². The molecule has 0 saturated carbocycles. The summed E-state index contributed by atoms with van der Waals surface area (Å²) in [5.41, 5.74) is 0. The number of carbonyl (C=O) groups excluding carboxylic acids is 3. The Morgan fingerprint density at radius 2 is 2.05 bits per heavy atom. The fourth-order valence-electron chi connectivity index (χ4n) is 1.98. The van der Waals surface area contributed by atoms with Gasteiger partial charge >= 0.3 is 11.9 Å². The zero-order chi connectivity index (χ0) is 15.7. The molecule has 1 saturated heterocycles. The Bertz CT molecular complexity index is 374. The number of nitrogens with zero attached hydrogens (tertiary/aromatic N) is 1. The summed E-state index contributed by atoms with van der Waals surface area (Å²) in [6.07, 6.45) is 0.779. The molecule has 120 valence electrons. The predicted octanol–water partition coefficient (Wildman–Crippen LogP) is -1.07. The molecule has 1 amide bonds. The van der Waals surface area contributed by atoms with Gasteiger partial charge in [0.2, 0.25) is 5.91 Å². The summed E-state index contributed by atoms with van der Waals surface area (Å²) in [6, 6.07) is -0.551. The van der Waals surface area contributed by atoms with Gasteiger partial charge in [0.1, 0.15) is 6.04 Å². The number of morpholine rings is 1. The maximum atomic E-state index is 11.8. The molecule has 0 aliphatic carbocycles. The first-order chi connectivity index (χ1) is 10.1. The van der Waals surface area contributed by atoms with Gasteiger partial charge in [-0.05, 0) is 6.42 Å². The third-order valence-corrected chi connectivity index (χ3v) is 3.17. The summed E-state index contributed by atoms with van der Waals surface area (Å²) >= 11 is 0.